The van der Waals surface area contributed by atoms with Gasteiger partial charge in [-0.1, -0.05) is 30.3 Å². The van der Waals surface area contributed by atoms with E-state index in [-0.39, 0.29) is 5.91 Å². The van der Waals surface area contributed by atoms with Crippen LogP contribution in [0.25, 0.3) is 0 Å². The van der Waals surface area contributed by atoms with E-state index in [9.17, 15) is 4.79 Å². The van der Waals surface area contributed by atoms with Crippen LogP contribution in [0.3, 0.4) is 0 Å². The Morgan fingerprint density at radius 1 is 1.11 bits per heavy atom. The van der Waals surface area contributed by atoms with Gasteiger partial charge in [0, 0.05) is 45.7 Å². The molecule has 5 heteroatoms. The van der Waals surface area contributed by atoms with Crippen molar-refractivity contribution in [3.8, 4) is 0 Å². The molecule has 1 aromatic rings. The molecule has 0 unspecified atom stereocenters. The lowest BCUT2D eigenvalue weighted by molar-refractivity contribution is -0.129. The van der Waals surface area contributed by atoms with Crippen LogP contribution < -0.4 is 5.48 Å². The van der Waals surface area contributed by atoms with Gasteiger partial charge in [0.15, 0.2) is 0 Å². The first-order valence-electron chi connectivity index (χ1n) is 6.69. The molecule has 1 amide bonds. The zero-order valence-corrected chi connectivity index (χ0v) is 11.1. The topological polar surface area (TPSA) is 55.8 Å². The van der Waals surface area contributed by atoms with Crippen LogP contribution in [0.4, 0.5) is 0 Å². The first kappa shape index (κ1) is 14.0. The monoisotopic (exact) mass is 263 g/mol. The minimum absolute atomic E-state index is 0.313. The van der Waals surface area contributed by atoms with Gasteiger partial charge in [-0.05, 0) is 5.56 Å². The number of nitrogens with one attached hydrogen (secondary N) is 1. The Bertz CT molecular complexity index is 389. The van der Waals surface area contributed by atoms with Crippen LogP contribution in [0.2, 0.25) is 0 Å². The lowest BCUT2D eigenvalue weighted by atomic mass is 10.2. The summed E-state index contributed by atoms with van der Waals surface area (Å²) >= 11 is 0. The van der Waals surface area contributed by atoms with E-state index >= 15 is 0 Å². The number of amides is 1. The second kappa shape index (κ2) is 7.23. The Labute approximate surface area is 113 Å². The molecule has 0 atom stereocenters. The maximum Gasteiger partial charge on any atom is 0.244 e. The molecule has 0 aliphatic carbocycles. The Hall–Kier alpha value is -1.43. The van der Waals surface area contributed by atoms with E-state index in [1.54, 1.807) is 5.48 Å². The summed E-state index contributed by atoms with van der Waals surface area (Å²) in [6, 6.07) is 10.5. The van der Waals surface area contributed by atoms with Gasteiger partial charge in [0.2, 0.25) is 5.91 Å². The smallest absolute Gasteiger partial charge is 0.244 e. The quantitative estimate of drug-likeness (QED) is 0.606. The number of rotatable bonds is 5. The highest BCUT2D eigenvalue weighted by Gasteiger charge is 2.17. The van der Waals surface area contributed by atoms with Gasteiger partial charge in [0.1, 0.15) is 0 Å². The molecule has 1 aliphatic heterocycles. The minimum atomic E-state index is -0.313. The van der Waals surface area contributed by atoms with Gasteiger partial charge in [-0.15, -0.1) is 0 Å². The molecule has 0 saturated carbocycles. The van der Waals surface area contributed by atoms with Gasteiger partial charge >= 0.3 is 0 Å². The number of hydroxylamine groups is 1. The second-order valence-electron chi connectivity index (χ2n) is 4.89. The van der Waals surface area contributed by atoms with E-state index in [0.717, 1.165) is 32.7 Å². The highest BCUT2D eigenvalue weighted by Crippen LogP contribution is 2.08. The number of piperazine rings is 1. The SMILES string of the molecule is O=C(CCN1CCN(Cc2ccccc2)CC1)NO. The molecule has 0 aromatic heterocycles. The normalized spacial score (nSPS) is 17.3. The van der Waals surface area contributed by atoms with Crippen LogP contribution >= 0.6 is 0 Å². The van der Waals surface area contributed by atoms with Crippen molar-refractivity contribution in [2.24, 2.45) is 0 Å². The Kier molecular flexibility index (Phi) is 5.32. The summed E-state index contributed by atoms with van der Waals surface area (Å²) in [7, 11) is 0. The van der Waals surface area contributed by atoms with E-state index in [1.807, 2.05) is 6.07 Å². The van der Waals surface area contributed by atoms with Crippen molar-refractivity contribution in [3.05, 3.63) is 35.9 Å². The third-order valence-electron chi connectivity index (χ3n) is 3.49. The number of carbonyl (C=O) groups is 1. The van der Waals surface area contributed by atoms with Crippen molar-refractivity contribution in [2.75, 3.05) is 32.7 Å². The molecule has 0 spiro atoms. The fourth-order valence-electron chi connectivity index (χ4n) is 2.33. The highest BCUT2D eigenvalue weighted by molar-refractivity contribution is 5.74. The average Bonchev–Trinajstić information content (AvgIpc) is 2.47. The molecule has 1 fully saturated rings. The van der Waals surface area contributed by atoms with Crippen LogP contribution in [0.5, 0.6) is 0 Å². The maximum atomic E-state index is 11.0. The molecule has 2 N–H and O–H groups in total. The third-order valence-corrected chi connectivity index (χ3v) is 3.49. The summed E-state index contributed by atoms with van der Waals surface area (Å²) in [6.07, 6.45) is 0.356. The zero-order chi connectivity index (χ0) is 13.5. The first-order chi connectivity index (χ1) is 9.28. The number of hydrogen-bond acceptors (Lipinski definition) is 4. The van der Waals surface area contributed by atoms with Gasteiger partial charge < -0.3 is 4.90 Å². The molecule has 2 rings (SSSR count). The summed E-state index contributed by atoms with van der Waals surface area (Å²) in [5, 5.41) is 8.44. The Balaban J connectivity index is 1.69. The molecule has 1 aliphatic rings. The summed E-state index contributed by atoms with van der Waals surface area (Å²) in [5.41, 5.74) is 3.01. The van der Waals surface area contributed by atoms with Gasteiger partial charge in [-0.3, -0.25) is 14.9 Å². The van der Waals surface area contributed by atoms with Crippen molar-refractivity contribution >= 4 is 5.91 Å². The van der Waals surface area contributed by atoms with Crippen LogP contribution in [-0.2, 0) is 11.3 Å². The number of nitrogens with zero attached hydrogens (tertiary/aromatic N) is 2. The zero-order valence-electron chi connectivity index (χ0n) is 11.1. The van der Waals surface area contributed by atoms with Crippen molar-refractivity contribution in [3.63, 3.8) is 0 Å². The maximum absolute atomic E-state index is 11.0. The predicted molar refractivity (Wildman–Crippen MR) is 72.7 cm³/mol. The Morgan fingerprint density at radius 3 is 2.37 bits per heavy atom. The number of carbonyl (C=O) groups excluding carboxylic acids is 1. The highest BCUT2D eigenvalue weighted by atomic mass is 16.5. The van der Waals surface area contributed by atoms with Crippen molar-refractivity contribution in [1.29, 1.82) is 0 Å². The molecule has 0 bridgehead atoms. The van der Waals surface area contributed by atoms with Gasteiger partial charge in [-0.2, -0.15) is 0 Å². The molecule has 0 radical (unpaired) electrons. The lowest BCUT2D eigenvalue weighted by Gasteiger charge is -2.34. The molecule has 19 heavy (non-hydrogen) atoms. The van der Waals surface area contributed by atoms with Crippen molar-refractivity contribution < 1.29 is 10.0 Å². The standard InChI is InChI=1S/C14H21N3O2/c18-14(15-19)6-7-16-8-10-17(11-9-16)12-13-4-2-1-3-5-13/h1-5,19H,6-12H2,(H,15,18). The van der Waals surface area contributed by atoms with Crippen LogP contribution in [0.1, 0.15) is 12.0 Å². The predicted octanol–water partition coefficient (Wildman–Crippen LogP) is 0.700. The van der Waals surface area contributed by atoms with Crippen LogP contribution in [-0.4, -0.2) is 53.6 Å². The lowest BCUT2D eigenvalue weighted by Crippen LogP contribution is -2.46. The second-order valence-corrected chi connectivity index (χ2v) is 4.89. The van der Waals surface area contributed by atoms with E-state index in [2.05, 4.69) is 34.1 Å². The number of benzene rings is 1. The minimum Gasteiger partial charge on any atom is -0.300 e. The first-order valence-corrected chi connectivity index (χ1v) is 6.69. The summed E-state index contributed by atoms with van der Waals surface area (Å²) < 4.78 is 0. The molecule has 1 aromatic carbocycles. The van der Waals surface area contributed by atoms with Crippen molar-refractivity contribution in [1.82, 2.24) is 15.3 Å². The summed E-state index contributed by atoms with van der Waals surface area (Å²) in [5.74, 6) is -0.313. The molecular weight excluding hydrogens is 242 g/mol. The van der Waals surface area contributed by atoms with Crippen LogP contribution in [0, 0.1) is 0 Å². The van der Waals surface area contributed by atoms with E-state index < -0.39 is 0 Å². The van der Waals surface area contributed by atoms with Gasteiger partial charge in [0.05, 0.1) is 0 Å². The molecular formula is C14H21N3O2. The third kappa shape index (κ3) is 4.63. The van der Waals surface area contributed by atoms with E-state index in [0.29, 0.717) is 13.0 Å². The largest absolute Gasteiger partial charge is 0.300 e. The summed E-state index contributed by atoms with van der Waals surface area (Å²) in [6.45, 7) is 5.71. The van der Waals surface area contributed by atoms with Crippen molar-refractivity contribution in [2.45, 2.75) is 13.0 Å². The number of hydrogen-bond donors (Lipinski definition) is 2. The summed E-state index contributed by atoms with van der Waals surface area (Å²) in [4.78, 5) is 15.7. The molecule has 1 saturated heterocycles. The van der Waals surface area contributed by atoms with Crippen LogP contribution in [0.15, 0.2) is 30.3 Å². The Morgan fingerprint density at radius 2 is 1.74 bits per heavy atom. The van der Waals surface area contributed by atoms with Gasteiger partial charge in [-0.25, -0.2) is 5.48 Å². The van der Waals surface area contributed by atoms with E-state index in [4.69, 9.17) is 5.21 Å². The molecule has 104 valence electrons. The molecule has 1 heterocycles. The fraction of sp³-hybridized carbons (Fsp3) is 0.500. The van der Waals surface area contributed by atoms with E-state index in [1.165, 1.54) is 5.56 Å². The average molecular weight is 263 g/mol. The molecule has 5 nitrogen and oxygen atoms in total. The fourth-order valence-corrected chi connectivity index (χ4v) is 2.33. The van der Waals surface area contributed by atoms with Gasteiger partial charge in [0.25, 0.3) is 0 Å².